The lowest BCUT2D eigenvalue weighted by Gasteiger charge is -2.44. The first-order chi connectivity index (χ1) is 29.5. The summed E-state index contributed by atoms with van der Waals surface area (Å²) in [5.74, 6) is -71.4. The average Bonchev–Trinajstić information content (AvgIpc) is 3.26. The molecule has 0 spiro atoms. The quantitative estimate of drug-likeness (QED) is 0.0424. The summed E-state index contributed by atoms with van der Waals surface area (Å²) in [6.07, 6.45) is -2.93. The van der Waals surface area contributed by atoms with Gasteiger partial charge in [0.25, 0.3) is 0 Å². The maximum atomic E-state index is 15.4. The number of thiol groups is 1. The van der Waals surface area contributed by atoms with Crippen LogP contribution in [0, 0.1) is 116 Å². The Bertz CT molecular complexity index is 2620. The van der Waals surface area contributed by atoms with Crippen LogP contribution < -0.4 is 26.4 Å². The van der Waals surface area contributed by atoms with Crippen LogP contribution in [0.1, 0.15) is 5.56 Å². The van der Waals surface area contributed by atoms with Crippen molar-refractivity contribution in [3.8, 4) is 0 Å². The molecule has 1 aromatic heterocycles. The van der Waals surface area contributed by atoms with Gasteiger partial charge in [0.05, 0.1) is 0 Å². The van der Waals surface area contributed by atoms with Crippen LogP contribution in [0.25, 0.3) is 10.8 Å². The first-order valence-corrected chi connectivity index (χ1v) is 17.4. The first-order valence-electron chi connectivity index (χ1n) is 16.9. The van der Waals surface area contributed by atoms with E-state index < -0.39 is 144 Å². The van der Waals surface area contributed by atoms with Gasteiger partial charge in [0.15, 0.2) is 88.7 Å². The van der Waals surface area contributed by atoms with E-state index in [1.54, 1.807) is 0 Å². The third kappa shape index (κ3) is 7.38. The van der Waals surface area contributed by atoms with Crippen LogP contribution in [0.15, 0.2) is 71.9 Å². The van der Waals surface area contributed by atoms with Gasteiger partial charge in [-0.05, 0) is 17.5 Å². The van der Waals surface area contributed by atoms with E-state index in [4.69, 9.17) is 0 Å². The smallest absolute Gasteiger partial charge is 0.200 e. The highest BCUT2D eigenvalue weighted by Gasteiger charge is 2.52. The molecule has 0 saturated carbocycles. The molecule has 7 aromatic rings. The highest BCUT2D eigenvalue weighted by Crippen LogP contribution is 2.31. The Morgan fingerprint density at radius 3 is 0.968 bits per heavy atom. The SMILES string of the molecule is Fc1c(F)c(F)c([B-](c2c(F)c(F)c(F)c(F)c2F)(c2c(F)c(F)c(F)c(F)c2F)c2c(F)c(F)c(F)c(F)c2F)c(F)c1F.Sc1ccc2cc[n+](Cc3ccccc3)cc2c1. The van der Waals surface area contributed by atoms with E-state index in [9.17, 15) is 52.7 Å². The molecule has 328 valence electrons. The predicted octanol–water partition coefficient (Wildman–Crippen LogP) is 9.31. The molecule has 0 bridgehead atoms. The van der Waals surface area contributed by atoms with E-state index in [0.29, 0.717) is 0 Å². The molecule has 23 heteroatoms. The van der Waals surface area contributed by atoms with Crippen molar-refractivity contribution in [3.63, 3.8) is 0 Å². The van der Waals surface area contributed by atoms with Crippen LogP contribution in [-0.4, -0.2) is 6.15 Å². The van der Waals surface area contributed by atoms with Gasteiger partial charge in [-0.25, -0.2) is 92.4 Å². The van der Waals surface area contributed by atoms with E-state index in [2.05, 4.69) is 72.1 Å². The van der Waals surface area contributed by atoms with Crippen molar-refractivity contribution in [2.45, 2.75) is 11.4 Å². The molecule has 6 aromatic carbocycles. The zero-order valence-corrected chi connectivity index (χ0v) is 31.0. The molecule has 0 aliphatic carbocycles. The van der Waals surface area contributed by atoms with Crippen molar-refractivity contribution in [1.82, 2.24) is 0 Å². The third-order valence-corrected chi connectivity index (χ3v) is 10.0. The molecule has 0 saturated heterocycles. The summed E-state index contributed by atoms with van der Waals surface area (Å²) in [6.45, 7) is 0.896. The Balaban J connectivity index is 0.000000302. The van der Waals surface area contributed by atoms with Gasteiger partial charge < -0.3 is 0 Å². The summed E-state index contributed by atoms with van der Waals surface area (Å²) in [5, 5.41) is 2.47. The van der Waals surface area contributed by atoms with E-state index in [1.165, 1.54) is 16.3 Å². The second kappa shape index (κ2) is 17.1. The van der Waals surface area contributed by atoms with Crippen LogP contribution in [0.4, 0.5) is 87.8 Å². The molecule has 1 heterocycles. The lowest BCUT2D eigenvalue weighted by Crippen LogP contribution is -2.81. The molecule has 0 fully saturated rings. The standard InChI is InChI=1S/C24BF20.C16H13NS/c26-5-1(6(27)14(35)21(42)13(5)34)25(2-7(28)15(36)22(43)16(37)8(2)29,3-9(30)17(38)23(44)18(39)10(3)31)4-11(32)19(40)24(45)20(41)12(4)33;18-16-7-6-14-8-9-17(12-15(14)10-16)11-13-4-2-1-3-5-13/h;1-10,12H,11H2/q-1;/p+1. The second-order valence-corrected chi connectivity index (χ2v) is 13.7. The highest BCUT2D eigenvalue weighted by atomic mass is 32.1. The Morgan fingerprint density at radius 1 is 0.349 bits per heavy atom. The van der Waals surface area contributed by atoms with Gasteiger partial charge in [0.2, 0.25) is 0 Å². The first kappa shape index (κ1) is 46.3. The number of rotatable bonds is 6. The summed E-state index contributed by atoms with van der Waals surface area (Å²) in [6, 6.07) is 18.8. The summed E-state index contributed by atoms with van der Waals surface area (Å²) in [5.41, 5.74) is -13.0. The molecule has 0 aliphatic rings. The van der Waals surface area contributed by atoms with Crippen LogP contribution in [0.3, 0.4) is 0 Å². The monoisotopic (exact) mass is 931 g/mol. The maximum Gasteiger partial charge on any atom is 0.200 e. The highest BCUT2D eigenvalue weighted by molar-refractivity contribution is 7.80. The van der Waals surface area contributed by atoms with E-state index in [-0.39, 0.29) is 0 Å². The summed E-state index contributed by atoms with van der Waals surface area (Å²) in [4.78, 5) is 1.000. The van der Waals surface area contributed by atoms with E-state index >= 15 is 35.1 Å². The van der Waals surface area contributed by atoms with Gasteiger partial charge in [-0.15, -0.1) is 34.5 Å². The molecule has 63 heavy (non-hydrogen) atoms. The Hall–Kier alpha value is -6.26. The molecule has 7 rings (SSSR count). The number of hydrogen-bond acceptors (Lipinski definition) is 1. The summed E-state index contributed by atoms with van der Waals surface area (Å²) < 4.78 is 296. The zero-order chi connectivity index (χ0) is 46.7. The summed E-state index contributed by atoms with van der Waals surface area (Å²) in [7, 11) is 0. The number of pyridine rings is 1. The fourth-order valence-electron chi connectivity index (χ4n) is 6.99. The fraction of sp³-hybridized carbons (Fsp3) is 0.0250. The number of benzene rings is 6. The molecule has 0 amide bonds. The molecular formula is C40H14BF20NS. The molecule has 0 radical (unpaired) electrons. The van der Waals surface area contributed by atoms with Gasteiger partial charge in [-0.1, -0.05) is 36.4 Å². The molecule has 0 N–H and O–H groups in total. The Labute approximate surface area is 343 Å². The predicted molar refractivity (Wildman–Crippen MR) is 186 cm³/mol. The number of hydrogen-bond donors (Lipinski definition) is 1. The second-order valence-electron chi connectivity index (χ2n) is 13.2. The van der Waals surface area contributed by atoms with Crippen molar-refractivity contribution in [2.75, 3.05) is 0 Å². The van der Waals surface area contributed by atoms with Crippen molar-refractivity contribution < 1.29 is 92.4 Å². The van der Waals surface area contributed by atoms with Crippen molar-refractivity contribution in [3.05, 3.63) is 189 Å². The van der Waals surface area contributed by atoms with Crippen LogP contribution in [-0.2, 0) is 6.54 Å². The van der Waals surface area contributed by atoms with Gasteiger partial charge in [-0.2, -0.15) is 0 Å². The van der Waals surface area contributed by atoms with Crippen LogP contribution in [0.2, 0.25) is 0 Å². The van der Waals surface area contributed by atoms with Crippen molar-refractivity contribution >= 4 is 51.4 Å². The van der Waals surface area contributed by atoms with E-state index in [0.717, 1.165) is 11.4 Å². The van der Waals surface area contributed by atoms with Crippen LogP contribution in [0.5, 0.6) is 0 Å². The largest absolute Gasteiger partial charge is 0.207 e. The number of aromatic nitrogens is 1. The average molecular weight is 931 g/mol. The van der Waals surface area contributed by atoms with Gasteiger partial charge >= 0.3 is 0 Å². The minimum absolute atomic E-state index is 0.896. The fourth-order valence-corrected chi connectivity index (χ4v) is 7.20. The lowest BCUT2D eigenvalue weighted by molar-refractivity contribution is -0.687. The number of halogens is 20. The Morgan fingerprint density at radius 2 is 0.651 bits per heavy atom. The summed E-state index contributed by atoms with van der Waals surface area (Å²) >= 11 is 4.38. The molecule has 0 unspecified atom stereocenters. The van der Waals surface area contributed by atoms with Gasteiger partial charge in [0, 0.05) is 21.9 Å². The van der Waals surface area contributed by atoms with E-state index in [1.807, 2.05) is 12.1 Å². The minimum Gasteiger partial charge on any atom is -0.207 e. The van der Waals surface area contributed by atoms with Crippen molar-refractivity contribution in [1.29, 1.82) is 0 Å². The molecular weight excluding hydrogens is 917 g/mol. The molecule has 0 aliphatic heterocycles. The zero-order valence-electron chi connectivity index (χ0n) is 30.1. The minimum atomic E-state index is -7.22. The third-order valence-electron chi connectivity index (χ3n) is 9.74. The Kier molecular flexibility index (Phi) is 12.6. The number of nitrogens with zero attached hydrogens (tertiary/aromatic N) is 1. The topological polar surface area (TPSA) is 3.88 Å². The normalized spacial score (nSPS) is 11.6. The molecule has 1 nitrogen and oxygen atoms in total. The maximum absolute atomic E-state index is 15.4. The van der Waals surface area contributed by atoms with Gasteiger partial charge in [0.1, 0.15) is 52.7 Å². The lowest BCUT2D eigenvalue weighted by atomic mass is 9.12. The molecule has 0 atom stereocenters. The van der Waals surface area contributed by atoms with Crippen LogP contribution >= 0.6 is 12.6 Å². The van der Waals surface area contributed by atoms with Crippen molar-refractivity contribution in [2.24, 2.45) is 0 Å². The van der Waals surface area contributed by atoms with Gasteiger partial charge in [-0.3, -0.25) is 0 Å². The number of fused-ring (bicyclic) bond motifs is 1.